The first-order valence-electron chi connectivity index (χ1n) is 8.21. The SMILES string of the molecule is C[CH]=[Ti]([F])[F].Cc1cc2ccccc2[cH-]1.Cc1cc2ccccc2[cH-]1. The number of hydrogen-bond donors (Lipinski definition) is 0. The summed E-state index contributed by atoms with van der Waals surface area (Å²) in [5, 5.41) is 5.39. The van der Waals surface area contributed by atoms with Crippen LogP contribution in [-0.2, 0) is 18.5 Å². The largest absolute Gasteiger partial charge is 0.165 e. The summed E-state index contributed by atoms with van der Waals surface area (Å²) < 4.78 is 22.8. The molecule has 0 N–H and O–H groups in total. The van der Waals surface area contributed by atoms with E-state index in [4.69, 9.17) is 0 Å². The fourth-order valence-corrected chi connectivity index (χ4v) is 2.61. The van der Waals surface area contributed by atoms with Crippen LogP contribution < -0.4 is 0 Å². The second-order valence-electron chi connectivity index (χ2n) is 5.90. The van der Waals surface area contributed by atoms with Gasteiger partial charge >= 0.3 is 35.9 Å². The molecule has 0 aliphatic carbocycles. The van der Waals surface area contributed by atoms with Crippen molar-refractivity contribution in [3.63, 3.8) is 0 Å². The van der Waals surface area contributed by atoms with Crippen molar-refractivity contribution in [1.82, 2.24) is 0 Å². The summed E-state index contributed by atoms with van der Waals surface area (Å²) in [7, 11) is 0. The molecule has 0 aromatic heterocycles. The first-order valence-corrected chi connectivity index (χ1v) is 10.3. The molecule has 0 radical (unpaired) electrons. The molecule has 0 saturated carbocycles. The van der Waals surface area contributed by atoms with Crippen molar-refractivity contribution < 1.29 is 24.7 Å². The minimum Gasteiger partial charge on any atom is -0.165 e. The molecular weight excluding hydrogens is 350 g/mol. The summed E-state index contributed by atoms with van der Waals surface area (Å²) in [6, 6.07) is 25.7. The van der Waals surface area contributed by atoms with Gasteiger partial charge in [-0.3, -0.25) is 0 Å². The minimum absolute atomic E-state index is 1.00. The number of fused-ring (bicyclic) bond motifs is 2. The fraction of sp³-hybridized carbons (Fsp3) is 0.136. The van der Waals surface area contributed by atoms with E-state index in [9.17, 15) is 6.18 Å². The molecule has 0 atom stereocenters. The van der Waals surface area contributed by atoms with E-state index in [1.54, 1.807) is 0 Å². The number of hydrogen-bond acceptors (Lipinski definition) is 0. The van der Waals surface area contributed by atoms with E-state index >= 15 is 0 Å². The van der Waals surface area contributed by atoms with E-state index in [1.165, 1.54) is 39.6 Å². The van der Waals surface area contributed by atoms with E-state index in [0.717, 1.165) is 4.31 Å². The third-order valence-electron chi connectivity index (χ3n) is 3.74. The van der Waals surface area contributed by atoms with Gasteiger partial charge in [-0.15, -0.1) is 81.2 Å². The maximum Gasteiger partial charge on any atom is -0.0579 e. The van der Waals surface area contributed by atoms with E-state index in [0.29, 0.717) is 0 Å². The van der Waals surface area contributed by atoms with Crippen LogP contribution in [-0.4, -0.2) is 4.31 Å². The van der Waals surface area contributed by atoms with E-state index < -0.39 is 18.5 Å². The molecule has 4 aromatic carbocycles. The van der Waals surface area contributed by atoms with Crippen LogP contribution in [0.15, 0.2) is 72.8 Å². The molecule has 4 aromatic rings. The Hall–Kier alpha value is -1.90. The quantitative estimate of drug-likeness (QED) is 0.232. The second-order valence-corrected chi connectivity index (χ2v) is 7.71. The van der Waals surface area contributed by atoms with Gasteiger partial charge in [0.2, 0.25) is 0 Å². The van der Waals surface area contributed by atoms with Gasteiger partial charge < -0.3 is 0 Å². The van der Waals surface area contributed by atoms with Gasteiger partial charge in [-0.1, -0.05) is 26.0 Å². The van der Waals surface area contributed by atoms with Gasteiger partial charge in [-0.25, -0.2) is 0 Å². The molecule has 0 fully saturated rings. The van der Waals surface area contributed by atoms with Crippen molar-refractivity contribution in [2.45, 2.75) is 20.8 Å². The predicted octanol–water partition coefficient (Wildman–Crippen LogP) is 6.93. The van der Waals surface area contributed by atoms with Crippen molar-refractivity contribution in [2.75, 3.05) is 0 Å². The van der Waals surface area contributed by atoms with Gasteiger partial charge in [0.25, 0.3) is 0 Å². The Morgan fingerprint density at radius 1 is 0.760 bits per heavy atom. The normalized spacial score (nSPS) is 9.80. The standard InChI is InChI=1S/2C10H9.C2H4.2FH.Ti/c2*1-8-6-9-4-2-3-5-10(9)7-8;1-2;;;/h2*2-7H,1H3;1H,2H3;2*1H;/q2*-1;;;;+2/p-2. The van der Waals surface area contributed by atoms with Gasteiger partial charge in [0.15, 0.2) is 0 Å². The summed E-state index contributed by atoms with van der Waals surface area (Å²) in [6.45, 7) is 5.65. The molecular formula is C22H22F2Ti-2. The van der Waals surface area contributed by atoms with E-state index in [1.807, 2.05) is 0 Å². The third-order valence-corrected chi connectivity index (χ3v) is 4.42. The van der Waals surface area contributed by atoms with Gasteiger partial charge in [0.05, 0.1) is 0 Å². The smallest absolute Gasteiger partial charge is 0.0579 e. The van der Waals surface area contributed by atoms with Crippen LogP contribution in [0.1, 0.15) is 18.1 Å². The average Bonchev–Trinajstić information content (AvgIpc) is 3.16. The van der Waals surface area contributed by atoms with Gasteiger partial charge in [-0.2, -0.15) is 12.1 Å². The summed E-state index contributed by atoms with van der Waals surface area (Å²) in [5.74, 6) is 0. The Labute approximate surface area is 155 Å². The molecule has 0 aliphatic rings. The topological polar surface area (TPSA) is 0 Å². The third kappa shape index (κ3) is 6.15. The van der Waals surface area contributed by atoms with Crippen molar-refractivity contribution in [1.29, 1.82) is 0 Å². The van der Waals surface area contributed by atoms with Crippen LogP contribution in [0.3, 0.4) is 0 Å². The number of benzene rings is 2. The Bertz CT molecular complexity index is 818. The zero-order valence-corrected chi connectivity index (χ0v) is 16.3. The van der Waals surface area contributed by atoms with Gasteiger partial charge in [0, 0.05) is 0 Å². The summed E-state index contributed by atoms with van der Waals surface area (Å²) in [4.78, 5) is 0. The molecule has 130 valence electrons. The molecule has 0 nitrogen and oxygen atoms in total. The maximum atomic E-state index is 10.9. The summed E-state index contributed by atoms with van der Waals surface area (Å²) in [6.07, 6.45) is 0. The molecule has 0 aliphatic heterocycles. The summed E-state index contributed by atoms with van der Waals surface area (Å²) in [5.41, 5.74) is 2.70. The Balaban J connectivity index is 0.000000144. The van der Waals surface area contributed by atoms with Crippen molar-refractivity contribution in [2.24, 2.45) is 0 Å². The van der Waals surface area contributed by atoms with Crippen LogP contribution in [0, 0.1) is 13.8 Å². The molecule has 3 heteroatoms. The Kier molecular flexibility index (Phi) is 7.42. The number of aryl methyl sites for hydroxylation is 2. The first kappa shape index (κ1) is 19.4. The number of rotatable bonds is 0. The van der Waals surface area contributed by atoms with Crippen molar-refractivity contribution in [3.05, 3.63) is 83.9 Å². The molecule has 0 amide bonds. The van der Waals surface area contributed by atoms with Crippen LogP contribution >= 0.6 is 0 Å². The first-order chi connectivity index (χ1) is 12.0. The molecule has 0 spiro atoms. The van der Waals surface area contributed by atoms with Crippen LogP contribution in [0.4, 0.5) is 6.18 Å². The molecule has 0 saturated heterocycles. The molecule has 0 bridgehead atoms. The Morgan fingerprint density at radius 2 is 1.12 bits per heavy atom. The second kappa shape index (κ2) is 9.55. The minimum atomic E-state index is -3.48. The van der Waals surface area contributed by atoms with Crippen LogP contribution in [0.2, 0.25) is 0 Å². The molecule has 4 rings (SSSR count). The van der Waals surface area contributed by atoms with Crippen molar-refractivity contribution in [3.8, 4) is 0 Å². The maximum absolute atomic E-state index is 10.9. The van der Waals surface area contributed by atoms with E-state index in [-0.39, 0.29) is 0 Å². The Morgan fingerprint density at radius 3 is 1.44 bits per heavy atom. The van der Waals surface area contributed by atoms with Gasteiger partial charge in [0.1, 0.15) is 0 Å². The predicted molar refractivity (Wildman–Crippen MR) is 103 cm³/mol. The van der Waals surface area contributed by atoms with Gasteiger partial charge in [-0.05, 0) is 0 Å². The zero-order valence-electron chi connectivity index (χ0n) is 14.8. The number of halogens is 2. The molecule has 0 heterocycles. The molecule has 0 unspecified atom stereocenters. The van der Waals surface area contributed by atoms with E-state index in [2.05, 4.69) is 86.6 Å². The van der Waals surface area contributed by atoms with Crippen LogP contribution in [0.25, 0.3) is 21.5 Å². The zero-order chi connectivity index (χ0) is 18.2. The molecule has 25 heavy (non-hydrogen) atoms. The fourth-order valence-electron chi connectivity index (χ4n) is 2.61. The summed E-state index contributed by atoms with van der Waals surface area (Å²) >= 11 is -3.48. The van der Waals surface area contributed by atoms with Crippen LogP contribution in [0.5, 0.6) is 0 Å². The monoisotopic (exact) mass is 372 g/mol. The average molecular weight is 372 g/mol. The van der Waals surface area contributed by atoms with Crippen molar-refractivity contribution >= 4 is 25.9 Å².